The average Bonchev–Trinajstić information content (AvgIpc) is 0.922. The molecule has 2 unspecified atom stereocenters. The van der Waals surface area contributed by atoms with E-state index in [4.69, 9.17) is 37.0 Å². The summed E-state index contributed by atoms with van der Waals surface area (Å²) >= 11 is 0. The van der Waals surface area contributed by atoms with Gasteiger partial charge in [0.25, 0.3) is 0 Å². The van der Waals surface area contributed by atoms with Gasteiger partial charge in [-0.05, 0) is 43.4 Å². The molecule has 0 aromatic heterocycles. The minimum Gasteiger partial charge on any atom is -0.462 e. The van der Waals surface area contributed by atoms with Crippen LogP contribution in [0.5, 0.6) is 0 Å². The Morgan fingerprint density at radius 3 is 0.660 bits per heavy atom. The van der Waals surface area contributed by atoms with E-state index in [0.29, 0.717) is 25.7 Å². The molecule has 0 aliphatic rings. The summed E-state index contributed by atoms with van der Waals surface area (Å²) in [5.41, 5.74) is 0. The van der Waals surface area contributed by atoms with Gasteiger partial charge in [-0.15, -0.1) is 0 Å². The van der Waals surface area contributed by atoms with E-state index < -0.39 is 97.5 Å². The van der Waals surface area contributed by atoms with Crippen molar-refractivity contribution in [2.75, 3.05) is 39.6 Å². The molecule has 0 radical (unpaired) electrons. The number of phosphoric ester groups is 2. The van der Waals surface area contributed by atoms with Gasteiger partial charge in [-0.25, -0.2) is 9.13 Å². The number of ether oxygens (including phenoxy) is 4. The number of carbonyl (C=O) groups is 4. The molecule has 5 atom stereocenters. The highest BCUT2D eigenvalue weighted by molar-refractivity contribution is 7.47. The van der Waals surface area contributed by atoms with E-state index in [2.05, 4.69) is 48.5 Å². The molecule has 0 aliphatic carbocycles. The predicted octanol–water partition coefficient (Wildman–Crippen LogP) is 25.3. The van der Waals surface area contributed by atoms with Gasteiger partial charge < -0.3 is 33.8 Å². The molecule has 0 saturated heterocycles. The van der Waals surface area contributed by atoms with Crippen molar-refractivity contribution in [3.05, 3.63) is 0 Å². The van der Waals surface area contributed by atoms with E-state index in [1.54, 1.807) is 0 Å². The van der Waals surface area contributed by atoms with Gasteiger partial charge in [-0.1, -0.05) is 389 Å². The molecule has 0 saturated carbocycles. The van der Waals surface area contributed by atoms with Crippen molar-refractivity contribution in [3.8, 4) is 0 Å². The first-order chi connectivity index (χ1) is 49.7. The third kappa shape index (κ3) is 78.0. The number of rotatable bonds is 82. The first-order valence-corrected chi connectivity index (χ1v) is 46.3. The van der Waals surface area contributed by atoms with Crippen LogP contribution in [0.2, 0.25) is 0 Å². The first-order valence-electron chi connectivity index (χ1n) is 43.3. The number of aliphatic hydroxyl groups excluding tert-OH is 1. The molecule has 0 spiro atoms. The number of hydrogen-bond acceptors (Lipinski definition) is 15. The monoisotopic (exact) mass is 1510 g/mol. The maximum atomic E-state index is 13.1. The van der Waals surface area contributed by atoms with Crippen molar-refractivity contribution in [2.24, 2.45) is 17.8 Å². The summed E-state index contributed by atoms with van der Waals surface area (Å²) in [6, 6.07) is 0. The summed E-state index contributed by atoms with van der Waals surface area (Å²) in [5, 5.41) is 10.7. The standard InChI is InChI=1S/C84H164O17P2/c1-8-9-10-11-12-13-14-15-16-17-18-19-20-21-24-31-38-46-53-60-67-83(88)100-79(71-94-81(86)65-58-51-44-37-30-25-22-23-28-34-41-48-55-62-75(2)3)73-98-102(90,91)96-69-78(85)70-97-103(92,93)99-74-80(72-95-82(87)66-59-52-45-40-33-36-43-50-57-64-77(6)7)101-84(89)68-61-54-47-39-32-27-26-29-35-42-49-56-63-76(4)5/h75-80,85H,8-74H2,1-7H3,(H,90,91)(H,92,93)/t78-,79-,80-/m1/s1. The van der Waals surface area contributed by atoms with Crippen LogP contribution in [0.3, 0.4) is 0 Å². The zero-order valence-corrected chi connectivity index (χ0v) is 69.6. The topological polar surface area (TPSA) is 237 Å². The van der Waals surface area contributed by atoms with Gasteiger partial charge in [0.2, 0.25) is 0 Å². The fraction of sp³-hybridized carbons (Fsp3) is 0.952. The van der Waals surface area contributed by atoms with Gasteiger partial charge in [0.05, 0.1) is 26.4 Å². The summed E-state index contributed by atoms with van der Waals surface area (Å²) in [6.45, 7) is 12.0. The van der Waals surface area contributed by atoms with Crippen LogP contribution in [0, 0.1) is 17.8 Å². The van der Waals surface area contributed by atoms with Gasteiger partial charge in [0, 0.05) is 25.7 Å². The first kappa shape index (κ1) is 101. The smallest absolute Gasteiger partial charge is 0.462 e. The van der Waals surface area contributed by atoms with Crippen LogP contribution in [0.25, 0.3) is 0 Å². The van der Waals surface area contributed by atoms with E-state index >= 15 is 0 Å². The number of carbonyl (C=O) groups excluding carboxylic acids is 4. The van der Waals surface area contributed by atoms with Crippen molar-refractivity contribution in [3.63, 3.8) is 0 Å². The Hall–Kier alpha value is -1.94. The second-order valence-corrected chi connectivity index (χ2v) is 34.6. The molecule has 0 rings (SSSR count). The molecule has 3 N–H and O–H groups in total. The molecule has 612 valence electrons. The minimum atomic E-state index is -4.96. The van der Waals surface area contributed by atoms with Crippen LogP contribution in [0.15, 0.2) is 0 Å². The Bertz CT molecular complexity index is 1990. The lowest BCUT2D eigenvalue weighted by molar-refractivity contribution is -0.161. The summed E-state index contributed by atoms with van der Waals surface area (Å²) in [4.78, 5) is 73.2. The molecule has 0 amide bonds. The van der Waals surface area contributed by atoms with Gasteiger partial charge in [0.15, 0.2) is 12.2 Å². The van der Waals surface area contributed by atoms with Crippen molar-refractivity contribution >= 4 is 39.5 Å². The van der Waals surface area contributed by atoms with E-state index in [1.165, 1.54) is 250 Å². The molecule has 0 aliphatic heterocycles. The third-order valence-electron chi connectivity index (χ3n) is 19.6. The number of phosphoric acid groups is 2. The zero-order valence-electron chi connectivity index (χ0n) is 67.8. The molecular formula is C84H164O17P2. The Morgan fingerprint density at radius 1 is 0.262 bits per heavy atom. The summed E-state index contributed by atoms with van der Waals surface area (Å²) in [5.74, 6) is 0.205. The lowest BCUT2D eigenvalue weighted by Gasteiger charge is -2.21. The number of hydrogen-bond donors (Lipinski definition) is 3. The van der Waals surface area contributed by atoms with Gasteiger partial charge in [-0.3, -0.25) is 37.3 Å². The fourth-order valence-electron chi connectivity index (χ4n) is 13.0. The summed E-state index contributed by atoms with van der Waals surface area (Å²) in [7, 11) is -9.93. The van der Waals surface area contributed by atoms with Gasteiger partial charge in [0.1, 0.15) is 19.3 Å². The SMILES string of the molecule is CCCCCCCCCCCCCCCCCCCCCCC(=O)O[C@H](COC(=O)CCCCCCCCCCCCCCCC(C)C)COP(=O)(O)OC[C@@H](O)COP(=O)(O)OC[C@@H](COC(=O)CCCCCCCCCCCC(C)C)OC(=O)CCCCCCCCCCCCCCC(C)C. The molecule has 0 bridgehead atoms. The van der Waals surface area contributed by atoms with E-state index in [9.17, 15) is 43.2 Å². The maximum absolute atomic E-state index is 13.1. The van der Waals surface area contributed by atoms with E-state index in [0.717, 1.165) is 108 Å². The number of unbranched alkanes of at least 4 members (excludes halogenated alkanes) is 50. The number of esters is 4. The Labute approximate surface area is 632 Å². The van der Waals surface area contributed by atoms with Crippen LogP contribution in [0.1, 0.15) is 440 Å². The second kappa shape index (κ2) is 74.2. The number of aliphatic hydroxyl groups is 1. The normalized spacial score (nSPS) is 13.9. The molecule has 0 aromatic rings. The highest BCUT2D eigenvalue weighted by atomic mass is 31.2. The van der Waals surface area contributed by atoms with E-state index in [-0.39, 0.29) is 25.7 Å². The fourth-order valence-corrected chi connectivity index (χ4v) is 14.6. The van der Waals surface area contributed by atoms with Crippen LogP contribution in [-0.2, 0) is 65.4 Å². The van der Waals surface area contributed by atoms with Crippen molar-refractivity contribution < 1.29 is 80.2 Å². The molecule has 17 nitrogen and oxygen atoms in total. The molecule has 103 heavy (non-hydrogen) atoms. The second-order valence-electron chi connectivity index (χ2n) is 31.6. The van der Waals surface area contributed by atoms with Crippen LogP contribution in [-0.4, -0.2) is 96.7 Å². The highest BCUT2D eigenvalue weighted by Crippen LogP contribution is 2.45. The average molecular weight is 1510 g/mol. The molecular weight excluding hydrogens is 1340 g/mol. The van der Waals surface area contributed by atoms with Gasteiger partial charge in [-0.2, -0.15) is 0 Å². The van der Waals surface area contributed by atoms with Crippen molar-refractivity contribution in [1.29, 1.82) is 0 Å². The van der Waals surface area contributed by atoms with E-state index in [1.807, 2.05) is 0 Å². The zero-order chi connectivity index (χ0) is 75.8. The van der Waals surface area contributed by atoms with Crippen molar-refractivity contribution in [1.82, 2.24) is 0 Å². The largest absolute Gasteiger partial charge is 0.472 e. The third-order valence-corrected chi connectivity index (χ3v) is 21.5. The molecule has 0 aromatic carbocycles. The van der Waals surface area contributed by atoms with Crippen molar-refractivity contribution in [2.45, 2.75) is 458 Å². The highest BCUT2D eigenvalue weighted by Gasteiger charge is 2.30. The van der Waals surface area contributed by atoms with Crippen LogP contribution in [0.4, 0.5) is 0 Å². The van der Waals surface area contributed by atoms with Crippen LogP contribution >= 0.6 is 15.6 Å². The minimum absolute atomic E-state index is 0.107. The Kier molecular flexibility index (Phi) is 72.8. The molecule has 0 fully saturated rings. The summed E-state index contributed by atoms with van der Waals surface area (Å²) in [6.07, 6.45) is 63.8. The molecule has 19 heteroatoms. The lowest BCUT2D eigenvalue weighted by Crippen LogP contribution is -2.30. The predicted molar refractivity (Wildman–Crippen MR) is 423 cm³/mol. The Balaban J connectivity index is 5.26. The lowest BCUT2D eigenvalue weighted by atomic mass is 10.0. The maximum Gasteiger partial charge on any atom is 0.472 e. The quantitative estimate of drug-likeness (QED) is 0.0222. The van der Waals surface area contributed by atoms with Crippen LogP contribution < -0.4 is 0 Å². The Morgan fingerprint density at radius 2 is 0.447 bits per heavy atom. The summed E-state index contributed by atoms with van der Waals surface area (Å²) < 4.78 is 68.9. The van der Waals surface area contributed by atoms with Gasteiger partial charge >= 0.3 is 39.5 Å². The molecule has 0 heterocycles.